The van der Waals surface area contributed by atoms with Crippen LogP contribution in [0.1, 0.15) is 41.5 Å². The molecule has 0 atom stereocenters. The molecule has 3 N–H and O–H groups in total. The van der Waals surface area contributed by atoms with Gasteiger partial charge in [-0.1, -0.05) is 0 Å². The largest absolute Gasteiger partial charge is 0.388 e. The topological polar surface area (TPSA) is 88.4 Å². The summed E-state index contributed by atoms with van der Waals surface area (Å²) >= 11 is 0. The van der Waals surface area contributed by atoms with E-state index in [0.29, 0.717) is 19.8 Å². The van der Waals surface area contributed by atoms with Crippen molar-refractivity contribution in [2.75, 3.05) is 41.2 Å². The smallest absolute Gasteiger partial charge is 0.0824 e. The maximum absolute atomic E-state index is 8.89. The fraction of sp³-hybridized carbons (Fsp3) is 1.00. The predicted octanol–water partition coefficient (Wildman–Crippen LogP) is 1.21. The van der Waals surface area contributed by atoms with Crippen LogP contribution >= 0.6 is 0 Å². The van der Waals surface area contributed by atoms with E-state index < -0.39 is 16.8 Å². The SMILES string of the molecule is COCC(C)(C)O.COCC(C)(C)O.COCC(C)(C)O.[Y]. The van der Waals surface area contributed by atoms with Gasteiger partial charge in [0.15, 0.2) is 0 Å². The summed E-state index contributed by atoms with van der Waals surface area (Å²) in [7, 11) is 4.70. The monoisotopic (exact) mass is 401 g/mol. The summed E-state index contributed by atoms with van der Waals surface area (Å²) in [6.45, 7) is 11.4. The van der Waals surface area contributed by atoms with E-state index in [2.05, 4.69) is 14.2 Å². The van der Waals surface area contributed by atoms with E-state index in [1.165, 1.54) is 0 Å². The van der Waals surface area contributed by atoms with Gasteiger partial charge >= 0.3 is 0 Å². The molecule has 0 spiro atoms. The van der Waals surface area contributed by atoms with Crippen LogP contribution in [-0.2, 0) is 46.9 Å². The maximum Gasteiger partial charge on any atom is 0.0824 e. The summed E-state index contributed by atoms with van der Waals surface area (Å²) in [4.78, 5) is 0. The summed E-state index contributed by atoms with van der Waals surface area (Å²) in [5.41, 5.74) is -2.02. The van der Waals surface area contributed by atoms with Gasteiger partial charge in [-0.05, 0) is 41.5 Å². The average molecular weight is 401 g/mol. The van der Waals surface area contributed by atoms with Crippen molar-refractivity contribution in [3.8, 4) is 0 Å². The van der Waals surface area contributed by atoms with Crippen LogP contribution in [0.15, 0.2) is 0 Å². The Morgan fingerprint density at radius 3 is 0.682 bits per heavy atom. The van der Waals surface area contributed by atoms with Crippen LogP contribution in [0, 0.1) is 0 Å². The molecule has 0 saturated carbocycles. The molecule has 0 amide bonds. The molecule has 0 bridgehead atoms. The van der Waals surface area contributed by atoms with Crippen molar-refractivity contribution in [1.82, 2.24) is 0 Å². The summed E-state index contributed by atoms with van der Waals surface area (Å²) < 4.78 is 14.0. The molecule has 0 aromatic carbocycles. The Labute approximate surface area is 161 Å². The fourth-order valence-electron chi connectivity index (χ4n) is 1.06. The normalized spacial score (nSPS) is 11.5. The molecule has 7 heteroatoms. The van der Waals surface area contributed by atoms with E-state index in [0.717, 1.165) is 0 Å². The predicted molar refractivity (Wildman–Crippen MR) is 84.5 cm³/mol. The minimum absolute atomic E-state index is 0. The number of rotatable bonds is 6. The first-order valence-corrected chi connectivity index (χ1v) is 6.82. The van der Waals surface area contributed by atoms with E-state index in [9.17, 15) is 0 Å². The molecule has 0 aliphatic carbocycles. The zero-order valence-corrected chi connectivity index (χ0v) is 18.6. The van der Waals surface area contributed by atoms with Crippen LogP contribution in [0.3, 0.4) is 0 Å². The molecule has 0 aliphatic heterocycles. The fourth-order valence-corrected chi connectivity index (χ4v) is 1.06. The molecule has 0 unspecified atom stereocenters. The molecule has 0 rings (SSSR count). The minimum Gasteiger partial charge on any atom is -0.388 e. The maximum atomic E-state index is 8.89. The Morgan fingerprint density at radius 2 is 0.682 bits per heavy atom. The van der Waals surface area contributed by atoms with Gasteiger partial charge < -0.3 is 29.5 Å². The van der Waals surface area contributed by atoms with Gasteiger partial charge in [0.25, 0.3) is 0 Å². The zero-order valence-electron chi connectivity index (χ0n) is 15.8. The van der Waals surface area contributed by atoms with Crippen molar-refractivity contribution in [3.05, 3.63) is 0 Å². The summed E-state index contributed by atoms with van der Waals surface area (Å²) in [6.07, 6.45) is 0. The van der Waals surface area contributed by atoms with Gasteiger partial charge in [0, 0.05) is 54.0 Å². The van der Waals surface area contributed by atoms with E-state index in [1.807, 2.05) is 0 Å². The van der Waals surface area contributed by atoms with Gasteiger partial charge in [-0.3, -0.25) is 0 Å². The van der Waals surface area contributed by atoms with E-state index in [4.69, 9.17) is 15.3 Å². The molecule has 0 fully saturated rings. The first-order valence-electron chi connectivity index (χ1n) is 6.82. The molecule has 0 aromatic rings. The van der Waals surface area contributed by atoms with Crippen molar-refractivity contribution >= 4 is 0 Å². The van der Waals surface area contributed by atoms with Gasteiger partial charge in [-0.2, -0.15) is 0 Å². The van der Waals surface area contributed by atoms with Gasteiger partial charge in [0.05, 0.1) is 36.6 Å². The Bertz CT molecular complexity index is 178. The van der Waals surface area contributed by atoms with Crippen LogP contribution < -0.4 is 0 Å². The molecule has 135 valence electrons. The number of methoxy groups -OCH3 is 3. The third-order valence-corrected chi connectivity index (χ3v) is 1.49. The van der Waals surface area contributed by atoms with E-state index in [-0.39, 0.29) is 32.7 Å². The molecule has 0 heterocycles. The summed E-state index contributed by atoms with van der Waals surface area (Å²) in [6, 6.07) is 0. The average Bonchev–Trinajstić information content (AvgIpc) is 2.12. The standard InChI is InChI=1S/3C5H12O2.Y/c3*1-5(2,6)4-7-3;/h3*6H,4H2,1-3H3;. The molecule has 22 heavy (non-hydrogen) atoms. The van der Waals surface area contributed by atoms with Crippen molar-refractivity contribution in [2.45, 2.75) is 58.3 Å². The molecular formula is C15H36O6Y. The third-order valence-electron chi connectivity index (χ3n) is 1.49. The summed E-state index contributed by atoms with van der Waals surface area (Å²) in [5, 5.41) is 26.7. The second kappa shape index (κ2) is 15.4. The minimum atomic E-state index is -0.672. The van der Waals surface area contributed by atoms with Crippen molar-refractivity contribution in [3.63, 3.8) is 0 Å². The van der Waals surface area contributed by atoms with Crippen LogP contribution in [-0.4, -0.2) is 73.3 Å². The Kier molecular flexibility index (Phi) is 21.5. The molecule has 1 radical (unpaired) electrons. The molecule has 0 aliphatic rings. The third kappa shape index (κ3) is 49.7. The number of hydrogen-bond donors (Lipinski definition) is 3. The van der Waals surface area contributed by atoms with Gasteiger partial charge in [-0.25, -0.2) is 0 Å². The first-order chi connectivity index (χ1) is 9.18. The zero-order chi connectivity index (χ0) is 17.7. The quantitative estimate of drug-likeness (QED) is 0.620. The van der Waals surface area contributed by atoms with Crippen molar-refractivity contribution in [2.24, 2.45) is 0 Å². The van der Waals surface area contributed by atoms with Crippen molar-refractivity contribution < 1.29 is 62.2 Å². The van der Waals surface area contributed by atoms with Gasteiger partial charge in [0.1, 0.15) is 0 Å². The molecule has 0 aromatic heterocycles. The molecular weight excluding hydrogens is 365 g/mol. The first kappa shape index (κ1) is 30.7. The number of hydrogen-bond acceptors (Lipinski definition) is 6. The molecule has 6 nitrogen and oxygen atoms in total. The van der Waals surface area contributed by atoms with E-state index in [1.54, 1.807) is 62.9 Å². The van der Waals surface area contributed by atoms with Crippen LogP contribution in [0.4, 0.5) is 0 Å². The Balaban J connectivity index is -0.000000108. The summed E-state index contributed by atoms with van der Waals surface area (Å²) in [5.74, 6) is 0. The van der Waals surface area contributed by atoms with Crippen LogP contribution in [0.25, 0.3) is 0 Å². The molecule has 0 saturated heterocycles. The van der Waals surface area contributed by atoms with Crippen molar-refractivity contribution in [1.29, 1.82) is 0 Å². The van der Waals surface area contributed by atoms with Gasteiger partial charge in [0.2, 0.25) is 0 Å². The van der Waals surface area contributed by atoms with Gasteiger partial charge in [-0.15, -0.1) is 0 Å². The Hall–Kier alpha value is 0.864. The van der Waals surface area contributed by atoms with Crippen LogP contribution in [0.2, 0.25) is 0 Å². The second-order valence-corrected chi connectivity index (χ2v) is 6.74. The number of ether oxygens (including phenoxy) is 3. The Morgan fingerprint density at radius 1 is 0.545 bits per heavy atom. The second-order valence-electron chi connectivity index (χ2n) is 6.74. The van der Waals surface area contributed by atoms with Crippen LogP contribution in [0.5, 0.6) is 0 Å². The van der Waals surface area contributed by atoms with E-state index >= 15 is 0 Å². The number of aliphatic hydroxyl groups is 3.